The van der Waals surface area contributed by atoms with Gasteiger partial charge >= 0.3 is 7.12 Å². The van der Waals surface area contributed by atoms with Crippen LogP contribution in [0.5, 0.6) is 0 Å². The smallest absolute Gasteiger partial charge is 0.399 e. The van der Waals surface area contributed by atoms with Crippen molar-refractivity contribution in [3.8, 4) is 0 Å². The van der Waals surface area contributed by atoms with Gasteiger partial charge in [0.1, 0.15) is 0 Å². The Morgan fingerprint density at radius 3 is 2.27 bits per heavy atom. The lowest BCUT2D eigenvalue weighted by Gasteiger charge is -2.36. The molecular weight excluding hydrogens is 277 g/mol. The largest absolute Gasteiger partial charge is 0.494 e. The molecule has 0 radical (unpaired) electrons. The Kier molecular flexibility index (Phi) is 2.69. The Labute approximate surface area is 131 Å². The number of anilines is 1. The van der Waals surface area contributed by atoms with Gasteiger partial charge in [-0.15, -0.1) is 0 Å². The van der Waals surface area contributed by atoms with Gasteiger partial charge < -0.3 is 14.6 Å². The number of hydrogen-bond donors (Lipinski definition) is 1. The third-order valence-corrected chi connectivity index (χ3v) is 5.97. The van der Waals surface area contributed by atoms with E-state index < -0.39 is 0 Å². The van der Waals surface area contributed by atoms with Gasteiger partial charge in [0.25, 0.3) is 0 Å². The van der Waals surface area contributed by atoms with E-state index >= 15 is 0 Å². The number of carbonyl (C=O) groups is 1. The van der Waals surface area contributed by atoms with Crippen molar-refractivity contribution in [3.63, 3.8) is 0 Å². The third kappa shape index (κ3) is 1.69. The lowest BCUT2D eigenvalue weighted by molar-refractivity contribution is -0.123. The van der Waals surface area contributed by atoms with Crippen molar-refractivity contribution in [1.82, 2.24) is 0 Å². The molecule has 1 aromatic rings. The second-order valence-electron chi connectivity index (χ2n) is 7.78. The summed E-state index contributed by atoms with van der Waals surface area (Å²) in [6, 6.07) is 6.09. The molecule has 0 bridgehead atoms. The maximum absolute atomic E-state index is 12.3. The van der Waals surface area contributed by atoms with Crippen LogP contribution >= 0.6 is 0 Å². The summed E-state index contributed by atoms with van der Waals surface area (Å²) >= 11 is 0. The zero-order chi connectivity index (χ0) is 15.8. The van der Waals surface area contributed by atoms with Crippen LogP contribution in [0.4, 0.5) is 5.69 Å². The van der Waals surface area contributed by atoms with Crippen LogP contribution in [-0.4, -0.2) is 24.2 Å². The fourth-order valence-corrected chi connectivity index (χ4v) is 3.58. The average Bonchev–Trinajstić information content (AvgIpc) is 2.78. The molecule has 2 aliphatic heterocycles. The average molecular weight is 299 g/mol. The molecule has 4 nitrogen and oxygen atoms in total. The lowest BCUT2D eigenvalue weighted by atomic mass is 9.64. The maximum atomic E-state index is 12.3. The standard InChI is InChI=1S/C17H22BNO3/c1-15(2)16(3,4)22-18(21-15)11-6-7-13-12(10-11)17(8-5-9-17)14(20)19-13/h6-7,10H,5,8-9H2,1-4H3,(H,19,20). The predicted molar refractivity (Wildman–Crippen MR) is 86.3 cm³/mol. The van der Waals surface area contributed by atoms with Crippen molar-refractivity contribution in [2.24, 2.45) is 0 Å². The van der Waals surface area contributed by atoms with Crippen LogP contribution in [0.2, 0.25) is 0 Å². The van der Waals surface area contributed by atoms with E-state index in [1.165, 1.54) is 0 Å². The third-order valence-electron chi connectivity index (χ3n) is 5.97. The second kappa shape index (κ2) is 4.15. The maximum Gasteiger partial charge on any atom is 0.494 e. The SMILES string of the molecule is CC1(C)OB(c2ccc3c(c2)C2(CCC2)C(=O)N3)OC1(C)C. The van der Waals surface area contributed by atoms with E-state index in [1.54, 1.807) is 0 Å². The summed E-state index contributed by atoms with van der Waals surface area (Å²) in [6.45, 7) is 8.22. The van der Waals surface area contributed by atoms with Gasteiger partial charge in [0.2, 0.25) is 5.91 Å². The first kappa shape index (κ1) is 14.3. The minimum atomic E-state index is -0.372. The van der Waals surface area contributed by atoms with Gasteiger partial charge in [0.15, 0.2) is 0 Å². The van der Waals surface area contributed by atoms with E-state index in [1.807, 2.05) is 12.1 Å². The second-order valence-corrected chi connectivity index (χ2v) is 7.78. The Hall–Kier alpha value is -1.33. The number of carbonyl (C=O) groups excluding carboxylic acids is 1. The molecule has 2 heterocycles. The first-order valence-corrected chi connectivity index (χ1v) is 8.07. The molecule has 0 unspecified atom stereocenters. The Morgan fingerprint density at radius 2 is 1.73 bits per heavy atom. The number of hydrogen-bond acceptors (Lipinski definition) is 3. The van der Waals surface area contributed by atoms with Gasteiger partial charge in [0.05, 0.1) is 16.6 Å². The van der Waals surface area contributed by atoms with Crippen molar-refractivity contribution < 1.29 is 14.1 Å². The minimum Gasteiger partial charge on any atom is -0.399 e. The Balaban J connectivity index is 1.71. The molecule has 1 amide bonds. The molecule has 22 heavy (non-hydrogen) atoms. The molecule has 1 aromatic carbocycles. The monoisotopic (exact) mass is 299 g/mol. The van der Waals surface area contributed by atoms with E-state index in [2.05, 4.69) is 39.1 Å². The van der Waals surface area contributed by atoms with E-state index in [9.17, 15) is 4.79 Å². The molecule has 4 rings (SSSR count). The summed E-state index contributed by atoms with van der Waals surface area (Å²) in [4.78, 5) is 12.3. The van der Waals surface area contributed by atoms with Crippen molar-refractivity contribution in [2.45, 2.75) is 63.6 Å². The molecule has 3 aliphatic rings. The van der Waals surface area contributed by atoms with Gasteiger partial charge in [-0.25, -0.2) is 0 Å². The lowest BCUT2D eigenvalue weighted by Crippen LogP contribution is -2.42. The molecule has 0 aromatic heterocycles. The molecule has 5 heteroatoms. The Morgan fingerprint density at radius 1 is 1.09 bits per heavy atom. The zero-order valence-electron chi connectivity index (χ0n) is 13.7. The first-order chi connectivity index (χ1) is 10.3. The highest BCUT2D eigenvalue weighted by Gasteiger charge is 2.54. The van der Waals surface area contributed by atoms with Crippen LogP contribution in [0.15, 0.2) is 18.2 Å². The van der Waals surface area contributed by atoms with Crippen LogP contribution in [0.1, 0.15) is 52.5 Å². The van der Waals surface area contributed by atoms with E-state index in [-0.39, 0.29) is 29.6 Å². The van der Waals surface area contributed by atoms with Crippen LogP contribution in [-0.2, 0) is 19.5 Å². The van der Waals surface area contributed by atoms with Crippen molar-refractivity contribution in [3.05, 3.63) is 23.8 Å². The molecule has 1 aliphatic carbocycles. The van der Waals surface area contributed by atoms with Gasteiger partial charge in [-0.1, -0.05) is 18.6 Å². The number of rotatable bonds is 1. The number of nitrogens with one attached hydrogen (secondary N) is 1. The van der Waals surface area contributed by atoms with Crippen LogP contribution < -0.4 is 10.8 Å². The van der Waals surface area contributed by atoms with Gasteiger partial charge in [-0.05, 0) is 57.6 Å². The first-order valence-electron chi connectivity index (χ1n) is 8.07. The fourth-order valence-electron chi connectivity index (χ4n) is 3.58. The summed E-state index contributed by atoms with van der Waals surface area (Å²) in [5.74, 6) is 0.153. The highest BCUT2D eigenvalue weighted by atomic mass is 16.7. The summed E-state index contributed by atoms with van der Waals surface area (Å²) in [7, 11) is -0.372. The quantitative estimate of drug-likeness (QED) is 0.810. The highest BCUT2D eigenvalue weighted by Crippen LogP contribution is 2.50. The zero-order valence-corrected chi connectivity index (χ0v) is 13.7. The normalized spacial score (nSPS) is 26.7. The minimum absolute atomic E-state index is 0.153. The van der Waals surface area contributed by atoms with E-state index in [4.69, 9.17) is 9.31 Å². The number of fused-ring (bicyclic) bond motifs is 2. The van der Waals surface area contributed by atoms with E-state index in [0.29, 0.717) is 0 Å². The Bertz CT molecular complexity index is 648. The number of benzene rings is 1. The number of amides is 1. The van der Waals surface area contributed by atoms with Crippen molar-refractivity contribution in [2.75, 3.05) is 5.32 Å². The van der Waals surface area contributed by atoms with Gasteiger partial charge in [-0.3, -0.25) is 4.79 Å². The summed E-state index contributed by atoms with van der Waals surface area (Å²) in [6.07, 6.45) is 3.00. The van der Waals surface area contributed by atoms with Crippen LogP contribution in [0, 0.1) is 0 Å². The summed E-state index contributed by atoms with van der Waals surface area (Å²) in [5, 5.41) is 3.02. The van der Waals surface area contributed by atoms with E-state index in [0.717, 1.165) is 36.0 Å². The summed E-state index contributed by atoms with van der Waals surface area (Å²) < 4.78 is 12.3. The molecule has 1 spiro atoms. The van der Waals surface area contributed by atoms with Crippen LogP contribution in [0.25, 0.3) is 0 Å². The highest BCUT2D eigenvalue weighted by molar-refractivity contribution is 6.62. The topological polar surface area (TPSA) is 47.6 Å². The molecule has 1 saturated carbocycles. The van der Waals surface area contributed by atoms with Crippen molar-refractivity contribution >= 4 is 24.2 Å². The fraction of sp³-hybridized carbons (Fsp3) is 0.588. The summed E-state index contributed by atoms with van der Waals surface area (Å²) in [5.41, 5.74) is 2.08. The molecule has 116 valence electrons. The molecule has 2 fully saturated rings. The van der Waals surface area contributed by atoms with Gasteiger partial charge in [0, 0.05) is 5.69 Å². The van der Waals surface area contributed by atoms with Gasteiger partial charge in [-0.2, -0.15) is 0 Å². The predicted octanol–water partition coefficient (Wildman–Crippen LogP) is 2.36. The molecule has 1 saturated heterocycles. The molecule has 0 atom stereocenters. The van der Waals surface area contributed by atoms with Crippen molar-refractivity contribution in [1.29, 1.82) is 0 Å². The van der Waals surface area contributed by atoms with Crippen LogP contribution in [0.3, 0.4) is 0 Å². The molecule has 1 N–H and O–H groups in total. The molecular formula is C17H22BNO3.